The predicted octanol–water partition coefficient (Wildman–Crippen LogP) is 2.75. The fourth-order valence-corrected chi connectivity index (χ4v) is 2.01. The molecule has 0 aromatic heterocycles. The van der Waals surface area contributed by atoms with Gasteiger partial charge in [0.15, 0.2) is 0 Å². The van der Waals surface area contributed by atoms with Crippen molar-refractivity contribution >= 4 is 27.8 Å². The molecule has 1 unspecified atom stereocenters. The SMILES string of the molecule is CC(CCCC(=O)O)NC(=O)Cc1ccc(Br)cc1. The van der Waals surface area contributed by atoms with Crippen LogP contribution in [0, 0.1) is 0 Å². The van der Waals surface area contributed by atoms with Crippen molar-refractivity contribution in [2.45, 2.75) is 38.6 Å². The van der Waals surface area contributed by atoms with Crippen molar-refractivity contribution in [3.8, 4) is 0 Å². The highest BCUT2D eigenvalue weighted by Gasteiger charge is 2.08. The molecule has 0 aliphatic heterocycles. The summed E-state index contributed by atoms with van der Waals surface area (Å²) >= 11 is 3.34. The van der Waals surface area contributed by atoms with Crippen LogP contribution in [0.4, 0.5) is 0 Å². The summed E-state index contributed by atoms with van der Waals surface area (Å²) in [5.74, 6) is -0.835. The number of rotatable bonds is 7. The van der Waals surface area contributed by atoms with Gasteiger partial charge in [0, 0.05) is 16.9 Å². The van der Waals surface area contributed by atoms with E-state index in [1.54, 1.807) is 0 Å². The molecule has 0 aliphatic carbocycles. The van der Waals surface area contributed by atoms with E-state index >= 15 is 0 Å². The van der Waals surface area contributed by atoms with E-state index in [-0.39, 0.29) is 18.4 Å². The van der Waals surface area contributed by atoms with Crippen molar-refractivity contribution in [3.63, 3.8) is 0 Å². The van der Waals surface area contributed by atoms with Crippen molar-refractivity contribution in [2.75, 3.05) is 0 Å². The number of carboxylic acids is 1. The van der Waals surface area contributed by atoms with Crippen molar-refractivity contribution in [1.29, 1.82) is 0 Å². The third kappa shape index (κ3) is 6.96. The second-order valence-corrected chi connectivity index (χ2v) is 5.47. The second-order valence-electron chi connectivity index (χ2n) is 4.56. The van der Waals surface area contributed by atoms with Crippen LogP contribution in [0.3, 0.4) is 0 Å². The number of amides is 1. The summed E-state index contributed by atoms with van der Waals surface area (Å²) in [6.07, 6.45) is 1.75. The highest BCUT2D eigenvalue weighted by molar-refractivity contribution is 9.10. The topological polar surface area (TPSA) is 66.4 Å². The van der Waals surface area contributed by atoms with Crippen LogP contribution in [0.2, 0.25) is 0 Å². The van der Waals surface area contributed by atoms with Gasteiger partial charge in [0.05, 0.1) is 6.42 Å². The zero-order valence-electron chi connectivity index (χ0n) is 10.9. The minimum absolute atomic E-state index is 0.00213. The Morgan fingerprint density at radius 1 is 1.32 bits per heavy atom. The monoisotopic (exact) mass is 327 g/mol. The maximum Gasteiger partial charge on any atom is 0.303 e. The van der Waals surface area contributed by atoms with Crippen LogP contribution < -0.4 is 5.32 Å². The molecule has 0 spiro atoms. The van der Waals surface area contributed by atoms with Gasteiger partial charge in [-0.25, -0.2) is 0 Å². The van der Waals surface area contributed by atoms with Gasteiger partial charge in [0.25, 0.3) is 0 Å². The van der Waals surface area contributed by atoms with Gasteiger partial charge in [-0.15, -0.1) is 0 Å². The van der Waals surface area contributed by atoms with E-state index in [0.29, 0.717) is 19.3 Å². The molecule has 104 valence electrons. The molecule has 4 nitrogen and oxygen atoms in total. The predicted molar refractivity (Wildman–Crippen MR) is 76.9 cm³/mol. The number of carboxylic acid groups (broad SMARTS) is 1. The molecule has 2 N–H and O–H groups in total. The van der Waals surface area contributed by atoms with Crippen molar-refractivity contribution in [1.82, 2.24) is 5.32 Å². The van der Waals surface area contributed by atoms with Crippen LogP contribution in [0.25, 0.3) is 0 Å². The average molecular weight is 328 g/mol. The third-order valence-electron chi connectivity index (χ3n) is 2.71. The van der Waals surface area contributed by atoms with E-state index in [1.807, 2.05) is 31.2 Å². The Morgan fingerprint density at radius 3 is 2.53 bits per heavy atom. The number of hydrogen-bond donors (Lipinski definition) is 2. The lowest BCUT2D eigenvalue weighted by atomic mass is 10.1. The van der Waals surface area contributed by atoms with Crippen LogP contribution in [0.15, 0.2) is 28.7 Å². The van der Waals surface area contributed by atoms with E-state index < -0.39 is 5.97 Å². The fourth-order valence-electron chi connectivity index (χ4n) is 1.75. The first-order chi connectivity index (χ1) is 8.97. The van der Waals surface area contributed by atoms with Gasteiger partial charge in [0.1, 0.15) is 0 Å². The molecule has 1 rings (SSSR count). The zero-order valence-corrected chi connectivity index (χ0v) is 12.4. The van der Waals surface area contributed by atoms with Gasteiger partial charge >= 0.3 is 5.97 Å². The first kappa shape index (κ1) is 15.7. The van der Waals surface area contributed by atoms with Gasteiger partial charge in [-0.3, -0.25) is 9.59 Å². The molecule has 0 heterocycles. The Labute approximate surface area is 121 Å². The zero-order chi connectivity index (χ0) is 14.3. The summed E-state index contributed by atoms with van der Waals surface area (Å²) in [5, 5.41) is 11.4. The molecular weight excluding hydrogens is 310 g/mol. The number of halogens is 1. The maximum atomic E-state index is 11.8. The molecule has 0 saturated heterocycles. The number of carbonyl (C=O) groups excluding carboxylic acids is 1. The minimum atomic E-state index is -0.798. The lowest BCUT2D eigenvalue weighted by Gasteiger charge is -2.13. The number of aliphatic carboxylic acids is 1. The van der Waals surface area contributed by atoms with Gasteiger partial charge in [-0.1, -0.05) is 28.1 Å². The molecule has 1 amide bonds. The van der Waals surface area contributed by atoms with Crippen LogP contribution in [0.1, 0.15) is 31.7 Å². The van der Waals surface area contributed by atoms with Crippen LogP contribution in [-0.2, 0) is 16.0 Å². The first-order valence-corrected chi connectivity index (χ1v) is 7.02. The summed E-state index contributed by atoms with van der Waals surface area (Å²) in [6, 6.07) is 7.61. The van der Waals surface area contributed by atoms with E-state index in [1.165, 1.54) is 0 Å². The van der Waals surface area contributed by atoms with Gasteiger partial charge < -0.3 is 10.4 Å². The first-order valence-electron chi connectivity index (χ1n) is 6.23. The highest BCUT2D eigenvalue weighted by atomic mass is 79.9. The van der Waals surface area contributed by atoms with Crippen molar-refractivity contribution < 1.29 is 14.7 Å². The normalized spacial score (nSPS) is 11.9. The van der Waals surface area contributed by atoms with Crippen molar-refractivity contribution in [2.24, 2.45) is 0 Å². The molecule has 0 fully saturated rings. The van der Waals surface area contributed by atoms with E-state index in [4.69, 9.17) is 5.11 Å². The fraction of sp³-hybridized carbons (Fsp3) is 0.429. The Kier molecular flexibility index (Phi) is 6.56. The van der Waals surface area contributed by atoms with Crippen molar-refractivity contribution in [3.05, 3.63) is 34.3 Å². The Morgan fingerprint density at radius 2 is 1.95 bits per heavy atom. The number of carbonyl (C=O) groups is 2. The molecule has 0 aliphatic rings. The lowest BCUT2D eigenvalue weighted by molar-refractivity contribution is -0.137. The molecule has 1 aromatic carbocycles. The molecular formula is C14H18BrNO3. The quantitative estimate of drug-likeness (QED) is 0.809. The summed E-state index contributed by atoms with van der Waals surface area (Å²) in [7, 11) is 0. The number of nitrogens with one attached hydrogen (secondary N) is 1. The van der Waals surface area contributed by atoms with E-state index in [2.05, 4.69) is 21.2 Å². The van der Waals surface area contributed by atoms with Crippen LogP contribution >= 0.6 is 15.9 Å². The Bertz CT molecular complexity index is 431. The van der Waals surface area contributed by atoms with Crippen LogP contribution in [0.5, 0.6) is 0 Å². The lowest BCUT2D eigenvalue weighted by Crippen LogP contribution is -2.33. The second kappa shape index (κ2) is 7.94. The Hall–Kier alpha value is -1.36. The van der Waals surface area contributed by atoms with E-state index in [9.17, 15) is 9.59 Å². The standard InChI is InChI=1S/C14H18BrNO3/c1-10(3-2-4-14(18)19)16-13(17)9-11-5-7-12(15)8-6-11/h5-8,10H,2-4,9H2,1H3,(H,16,17)(H,18,19). The molecule has 0 bridgehead atoms. The highest BCUT2D eigenvalue weighted by Crippen LogP contribution is 2.11. The maximum absolute atomic E-state index is 11.8. The molecule has 0 saturated carbocycles. The smallest absolute Gasteiger partial charge is 0.303 e. The summed E-state index contributed by atoms with van der Waals surface area (Å²) in [5.41, 5.74) is 0.957. The van der Waals surface area contributed by atoms with Gasteiger partial charge in [-0.05, 0) is 37.5 Å². The average Bonchev–Trinajstić information content (AvgIpc) is 2.31. The molecule has 0 radical (unpaired) electrons. The Balaban J connectivity index is 2.30. The van der Waals surface area contributed by atoms with Gasteiger partial charge in [0.2, 0.25) is 5.91 Å². The van der Waals surface area contributed by atoms with E-state index in [0.717, 1.165) is 10.0 Å². The minimum Gasteiger partial charge on any atom is -0.481 e. The van der Waals surface area contributed by atoms with Gasteiger partial charge in [-0.2, -0.15) is 0 Å². The number of hydrogen-bond acceptors (Lipinski definition) is 2. The largest absolute Gasteiger partial charge is 0.481 e. The molecule has 5 heteroatoms. The summed E-state index contributed by atoms with van der Waals surface area (Å²) in [6.45, 7) is 1.89. The molecule has 19 heavy (non-hydrogen) atoms. The number of benzene rings is 1. The molecule has 1 aromatic rings. The summed E-state index contributed by atoms with van der Waals surface area (Å²) in [4.78, 5) is 22.1. The third-order valence-corrected chi connectivity index (χ3v) is 3.24. The summed E-state index contributed by atoms with van der Waals surface area (Å²) < 4.78 is 0.985. The van der Waals surface area contributed by atoms with Crippen LogP contribution in [-0.4, -0.2) is 23.0 Å². The molecule has 1 atom stereocenters.